The van der Waals surface area contributed by atoms with Crippen LogP contribution >= 0.6 is 0 Å². The third kappa shape index (κ3) is 1.79. The molecular formula is C10H11N3O. The highest BCUT2D eigenvalue weighted by Crippen LogP contribution is 2.16. The van der Waals surface area contributed by atoms with Crippen LogP contribution in [0, 0.1) is 0 Å². The number of aryl methyl sites for hydroxylation is 1. The molecule has 72 valence electrons. The normalized spacial score (nSPS) is 10.4. The highest BCUT2D eigenvalue weighted by atomic mass is 16.4. The van der Waals surface area contributed by atoms with Gasteiger partial charge >= 0.3 is 0 Å². The fraction of sp³-hybridized carbons (Fsp3) is 0.300. The molecule has 0 aromatic carbocycles. The number of hydrogen-bond acceptors (Lipinski definition) is 4. The Balaban J connectivity index is 2.25. The summed E-state index contributed by atoms with van der Waals surface area (Å²) < 4.78 is 5.45. The van der Waals surface area contributed by atoms with Crippen LogP contribution in [-0.4, -0.2) is 15.2 Å². The van der Waals surface area contributed by atoms with Crippen molar-refractivity contribution in [2.75, 3.05) is 0 Å². The van der Waals surface area contributed by atoms with Gasteiger partial charge in [-0.25, -0.2) is 0 Å². The second kappa shape index (κ2) is 4.00. The standard InChI is InChI=1S/C10H11N3O/c1-2-4-9-12-13-10(14-9)8-5-3-6-11-7-8/h3,5-7H,2,4H2,1H3. The summed E-state index contributed by atoms with van der Waals surface area (Å²) in [5.74, 6) is 1.23. The van der Waals surface area contributed by atoms with Crippen molar-refractivity contribution in [3.63, 3.8) is 0 Å². The molecule has 2 aromatic heterocycles. The van der Waals surface area contributed by atoms with Crippen molar-refractivity contribution in [2.24, 2.45) is 0 Å². The summed E-state index contributed by atoms with van der Waals surface area (Å²) in [5, 5.41) is 7.89. The minimum absolute atomic E-state index is 0.543. The molecule has 0 saturated heterocycles. The van der Waals surface area contributed by atoms with E-state index < -0.39 is 0 Å². The predicted molar refractivity (Wildman–Crippen MR) is 51.5 cm³/mol. The van der Waals surface area contributed by atoms with Gasteiger partial charge in [0.25, 0.3) is 0 Å². The van der Waals surface area contributed by atoms with Gasteiger partial charge < -0.3 is 4.42 Å². The van der Waals surface area contributed by atoms with Gasteiger partial charge in [0.05, 0.1) is 5.56 Å². The molecule has 0 bridgehead atoms. The molecule has 2 aromatic rings. The van der Waals surface area contributed by atoms with Crippen LogP contribution < -0.4 is 0 Å². The maximum atomic E-state index is 5.45. The number of hydrogen-bond donors (Lipinski definition) is 0. The van der Waals surface area contributed by atoms with Crippen molar-refractivity contribution in [1.29, 1.82) is 0 Å². The van der Waals surface area contributed by atoms with Gasteiger partial charge in [0.15, 0.2) is 0 Å². The fourth-order valence-corrected chi connectivity index (χ4v) is 1.17. The Morgan fingerprint density at radius 3 is 3.00 bits per heavy atom. The SMILES string of the molecule is CCCc1nnc(-c2cccnc2)o1. The number of nitrogens with zero attached hydrogens (tertiary/aromatic N) is 3. The molecule has 4 nitrogen and oxygen atoms in total. The van der Waals surface area contributed by atoms with Gasteiger partial charge in [-0.15, -0.1) is 10.2 Å². The van der Waals surface area contributed by atoms with Gasteiger partial charge in [0.1, 0.15) is 0 Å². The van der Waals surface area contributed by atoms with E-state index in [1.807, 2.05) is 12.1 Å². The van der Waals surface area contributed by atoms with Crippen molar-refractivity contribution < 1.29 is 4.42 Å². The Labute approximate surface area is 82.0 Å². The van der Waals surface area contributed by atoms with Crippen LogP contribution in [0.5, 0.6) is 0 Å². The summed E-state index contributed by atoms with van der Waals surface area (Å²) >= 11 is 0. The van der Waals surface area contributed by atoms with Crippen LogP contribution in [0.3, 0.4) is 0 Å². The topological polar surface area (TPSA) is 51.8 Å². The summed E-state index contributed by atoms with van der Waals surface area (Å²) in [4.78, 5) is 3.99. The molecule has 0 aliphatic carbocycles. The van der Waals surface area contributed by atoms with E-state index in [4.69, 9.17) is 4.42 Å². The molecule has 2 heterocycles. The Kier molecular flexibility index (Phi) is 2.53. The lowest BCUT2D eigenvalue weighted by molar-refractivity contribution is 0.502. The van der Waals surface area contributed by atoms with Crippen molar-refractivity contribution in [3.05, 3.63) is 30.4 Å². The van der Waals surface area contributed by atoms with Crippen molar-refractivity contribution >= 4 is 0 Å². The van der Waals surface area contributed by atoms with Gasteiger partial charge in [-0.1, -0.05) is 6.92 Å². The monoisotopic (exact) mass is 189 g/mol. The van der Waals surface area contributed by atoms with E-state index in [2.05, 4.69) is 22.1 Å². The third-order valence-corrected chi connectivity index (χ3v) is 1.84. The van der Waals surface area contributed by atoms with Crippen molar-refractivity contribution in [2.45, 2.75) is 19.8 Å². The van der Waals surface area contributed by atoms with Crippen LogP contribution in [0.25, 0.3) is 11.5 Å². The maximum absolute atomic E-state index is 5.45. The first-order valence-electron chi connectivity index (χ1n) is 4.63. The second-order valence-electron chi connectivity index (χ2n) is 2.99. The molecule has 0 amide bonds. The minimum atomic E-state index is 0.543. The zero-order chi connectivity index (χ0) is 9.80. The molecule has 0 N–H and O–H groups in total. The van der Waals surface area contributed by atoms with Gasteiger partial charge in [0.2, 0.25) is 11.8 Å². The molecule has 4 heteroatoms. The van der Waals surface area contributed by atoms with Crippen LogP contribution in [0.4, 0.5) is 0 Å². The molecule has 0 spiro atoms. The Bertz CT molecular complexity index is 397. The van der Waals surface area contributed by atoms with Crippen LogP contribution in [0.15, 0.2) is 28.9 Å². The Morgan fingerprint density at radius 2 is 2.29 bits per heavy atom. The lowest BCUT2D eigenvalue weighted by Crippen LogP contribution is -1.80. The van der Waals surface area contributed by atoms with Crippen LogP contribution in [0.2, 0.25) is 0 Å². The average Bonchev–Trinajstić information content (AvgIpc) is 2.68. The zero-order valence-corrected chi connectivity index (χ0v) is 7.97. The van der Waals surface area contributed by atoms with Crippen LogP contribution in [-0.2, 0) is 6.42 Å². The first-order chi connectivity index (χ1) is 6.90. The Hall–Kier alpha value is -1.71. The van der Waals surface area contributed by atoms with Gasteiger partial charge in [-0.2, -0.15) is 0 Å². The van der Waals surface area contributed by atoms with E-state index in [-0.39, 0.29) is 0 Å². The minimum Gasteiger partial charge on any atom is -0.421 e. The highest BCUT2D eigenvalue weighted by Gasteiger charge is 2.06. The second-order valence-corrected chi connectivity index (χ2v) is 2.99. The van der Waals surface area contributed by atoms with Gasteiger partial charge in [-0.05, 0) is 18.6 Å². The van der Waals surface area contributed by atoms with Crippen molar-refractivity contribution in [3.8, 4) is 11.5 Å². The van der Waals surface area contributed by atoms with E-state index in [1.165, 1.54) is 0 Å². The smallest absolute Gasteiger partial charge is 0.249 e. The molecule has 0 aliphatic rings. The summed E-state index contributed by atoms with van der Waals surface area (Å²) in [5.41, 5.74) is 0.863. The molecule has 0 radical (unpaired) electrons. The van der Waals surface area contributed by atoms with Gasteiger partial charge in [-0.3, -0.25) is 4.98 Å². The van der Waals surface area contributed by atoms with E-state index in [0.717, 1.165) is 18.4 Å². The van der Waals surface area contributed by atoms with E-state index in [0.29, 0.717) is 11.8 Å². The first kappa shape index (κ1) is 8.87. The quantitative estimate of drug-likeness (QED) is 0.741. The first-order valence-corrected chi connectivity index (χ1v) is 4.63. The zero-order valence-electron chi connectivity index (χ0n) is 7.97. The van der Waals surface area contributed by atoms with E-state index in [1.54, 1.807) is 12.4 Å². The van der Waals surface area contributed by atoms with Crippen molar-refractivity contribution in [1.82, 2.24) is 15.2 Å². The lowest BCUT2D eigenvalue weighted by atomic mass is 10.3. The largest absolute Gasteiger partial charge is 0.421 e. The number of aromatic nitrogens is 3. The predicted octanol–water partition coefficient (Wildman–Crippen LogP) is 2.08. The summed E-state index contributed by atoms with van der Waals surface area (Å²) in [6.07, 6.45) is 5.26. The molecule has 0 unspecified atom stereocenters. The van der Waals surface area contributed by atoms with E-state index in [9.17, 15) is 0 Å². The molecule has 0 atom stereocenters. The Morgan fingerprint density at radius 1 is 1.36 bits per heavy atom. The third-order valence-electron chi connectivity index (χ3n) is 1.84. The summed E-state index contributed by atoms with van der Waals surface area (Å²) in [7, 11) is 0. The molecule has 0 saturated carbocycles. The fourth-order valence-electron chi connectivity index (χ4n) is 1.17. The van der Waals surface area contributed by atoms with Gasteiger partial charge in [0, 0.05) is 18.8 Å². The molecule has 2 rings (SSSR count). The van der Waals surface area contributed by atoms with Crippen LogP contribution in [0.1, 0.15) is 19.2 Å². The summed E-state index contributed by atoms with van der Waals surface area (Å²) in [6.45, 7) is 2.08. The maximum Gasteiger partial charge on any atom is 0.249 e. The highest BCUT2D eigenvalue weighted by molar-refractivity contribution is 5.49. The molecule has 14 heavy (non-hydrogen) atoms. The molecule has 0 fully saturated rings. The van der Waals surface area contributed by atoms with E-state index >= 15 is 0 Å². The number of pyridine rings is 1. The summed E-state index contributed by atoms with van der Waals surface area (Å²) in [6, 6.07) is 3.75. The molecule has 0 aliphatic heterocycles. The average molecular weight is 189 g/mol. The molecular weight excluding hydrogens is 178 g/mol. The lowest BCUT2D eigenvalue weighted by Gasteiger charge is -1.91. The number of rotatable bonds is 3.